The second-order valence-electron chi connectivity index (χ2n) is 8.09. The van der Waals surface area contributed by atoms with E-state index in [1.165, 1.54) is 9.44 Å². The number of ether oxygens (including phenoxy) is 1. The van der Waals surface area contributed by atoms with Crippen molar-refractivity contribution in [1.29, 1.82) is 0 Å². The third-order valence-corrected chi connectivity index (χ3v) is 7.31. The molecule has 2 heterocycles. The summed E-state index contributed by atoms with van der Waals surface area (Å²) >= 11 is 1.62. The molecule has 5 rings (SSSR count). The maximum absolute atomic E-state index is 13.7. The Balaban J connectivity index is 1.80. The molecule has 0 spiro atoms. The summed E-state index contributed by atoms with van der Waals surface area (Å²) in [4.78, 5) is 29.3. The Labute approximate surface area is 184 Å². The van der Waals surface area contributed by atoms with Crippen LogP contribution < -0.4 is 16.0 Å². The Morgan fingerprint density at radius 1 is 1.03 bits per heavy atom. The van der Waals surface area contributed by atoms with Crippen molar-refractivity contribution >= 4 is 21.6 Å². The van der Waals surface area contributed by atoms with E-state index in [1.807, 2.05) is 25.1 Å². The summed E-state index contributed by atoms with van der Waals surface area (Å²) in [7, 11) is 1.60. The minimum absolute atomic E-state index is 0.218. The number of thiophene rings is 1. The van der Waals surface area contributed by atoms with Crippen molar-refractivity contribution in [3.63, 3.8) is 0 Å². The van der Waals surface area contributed by atoms with Crippen LogP contribution in [0.15, 0.2) is 58.1 Å². The van der Waals surface area contributed by atoms with Gasteiger partial charge in [0.15, 0.2) is 0 Å². The van der Waals surface area contributed by atoms with E-state index < -0.39 is 0 Å². The molecule has 0 amide bonds. The number of hydrogen-bond donors (Lipinski definition) is 0. The Hall–Kier alpha value is -3.12. The molecular formula is C25H24N2O3S. The first-order chi connectivity index (χ1) is 15.1. The summed E-state index contributed by atoms with van der Waals surface area (Å²) in [5.41, 5.74) is 3.38. The predicted octanol–water partition coefficient (Wildman–Crippen LogP) is 4.46. The topological polar surface area (TPSA) is 53.2 Å². The van der Waals surface area contributed by atoms with Crippen LogP contribution in [-0.4, -0.2) is 16.2 Å². The molecule has 0 atom stereocenters. The zero-order valence-electron chi connectivity index (χ0n) is 17.7. The number of nitrogens with zero attached hydrogens (tertiary/aromatic N) is 2. The number of benzene rings is 2. The van der Waals surface area contributed by atoms with E-state index >= 15 is 0 Å². The second kappa shape index (κ2) is 7.85. The number of hydrogen-bond acceptors (Lipinski definition) is 4. The average molecular weight is 433 g/mol. The molecule has 31 heavy (non-hydrogen) atoms. The molecule has 6 heteroatoms. The Kier molecular flexibility index (Phi) is 5.02. The van der Waals surface area contributed by atoms with Gasteiger partial charge in [-0.25, -0.2) is 9.36 Å². The van der Waals surface area contributed by atoms with Gasteiger partial charge in [0.2, 0.25) is 0 Å². The summed E-state index contributed by atoms with van der Waals surface area (Å²) in [6.07, 6.45) is 4.09. The van der Waals surface area contributed by atoms with E-state index in [-0.39, 0.29) is 11.2 Å². The lowest BCUT2D eigenvalue weighted by atomic mass is 9.97. The van der Waals surface area contributed by atoms with Crippen molar-refractivity contribution in [2.45, 2.75) is 39.2 Å². The highest BCUT2D eigenvalue weighted by Gasteiger charge is 2.24. The average Bonchev–Trinajstić information content (AvgIpc) is 3.17. The van der Waals surface area contributed by atoms with Crippen LogP contribution in [0.3, 0.4) is 0 Å². The maximum atomic E-state index is 13.7. The monoisotopic (exact) mass is 432 g/mol. The van der Waals surface area contributed by atoms with Gasteiger partial charge in [0.05, 0.1) is 24.7 Å². The molecule has 0 fully saturated rings. The molecular weight excluding hydrogens is 408 g/mol. The van der Waals surface area contributed by atoms with Crippen LogP contribution >= 0.6 is 11.3 Å². The smallest absolute Gasteiger partial charge is 0.337 e. The third kappa shape index (κ3) is 3.41. The van der Waals surface area contributed by atoms with E-state index in [0.29, 0.717) is 23.4 Å². The Bertz CT molecular complexity index is 1390. The van der Waals surface area contributed by atoms with Crippen LogP contribution in [0, 0.1) is 6.92 Å². The first-order valence-electron chi connectivity index (χ1n) is 10.6. The van der Waals surface area contributed by atoms with Crippen LogP contribution in [0.2, 0.25) is 0 Å². The van der Waals surface area contributed by atoms with Crippen LogP contribution in [0.5, 0.6) is 5.75 Å². The molecule has 5 nitrogen and oxygen atoms in total. The van der Waals surface area contributed by atoms with Gasteiger partial charge in [-0.05, 0) is 68.0 Å². The minimum Gasteiger partial charge on any atom is -0.497 e. The molecule has 0 bridgehead atoms. The fourth-order valence-corrected chi connectivity index (χ4v) is 5.83. The summed E-state index contributed by atoms with van der Waals surface area (Å²) in [6.45, 7) is 2.48. The fourth-order valence-electron chi connectivity index (χ4n) is 4.46. The Morgan fingerprint density at radius 2 is 1.81 bits per heavy atom. The molecule has 1 aliphatic carbocycles. The van der Waals surface area contributed by atoms with Gasteiger partial charge in [0, 0.05) is 4.88 Å². The van der Waals surface area contributed by atoms with Crippen LogP contribution in [0.4, 0.5) is 0 Å². The van der Waals surface area contributed by atoms with Crippen LogP contribution in [0.1, 0.15) is 34.4 Å². The van der Waals surface area contributed by atoms with Crippen molar-refractivity contribution in [2.75, 3.05) is 7.11 Å². The van der Waals surface area contributed by atoms with Gasteiger partial charge in [-0.15, -0.1) is 11.3 Å². The van der Waals surface area contributed by atoms with Crippen molar-refractivity contribution in [3.05, 3.63) is 90.9 Å². The van der Waals surface area contributed by atoms with Gasteiger partial charge in [-0.3, -0.25) is 9.36 Å². The predicted molar refractivity (Wildman–Crippen MR) is 125 cm³/mol. The highest BCUT2D eigenvalue weighted by Crippen LogP contribution is 2.34. The molecule has 0 saturated heterocycles. The molecule has 1 aliphatic rings. The van der Waals surface area contributed by atoms with Crippen molar-refractivity contribution in [1.82, 2.24) is 9.13 Å². The fraction of sp³-hybridized carbons (Fsp3) is 0.280. The molecule has 0 radical (unpaired) electrons. The number of aryl methyl sites for hydroxylation is 3. The van der Waals surface area contributed by atoms with E-state index in [2.05, 4.69) is 6.07 Å². The standard InChI is InChI=1S/C25H24N2O3S/c1-16-6-5-7-17(14-16)15-26-24-22(20-8-3-4-9-21(20)31-24)23(28)27(25(26)29)18-10-12-19(30-2)13-11-18/h5-7,10-14H,3-4,8-9,15H2,1-2H3. The molecule has 0 unspecified atom stereocenters. The van der Waals surface area contributed by atoms with Crippen LogP contribution in [0.25, 0.3) is 15.9 Å². The Morgan fingerprint density at radius 3 is 2.55 bits per heavy atom. The van der Waals surface area contributed by atoms with Crippen molar-refractivity contribution in [2.24, 2.45) is 0 Å². The quantitative estimate of drug-likeness (QED) is 0.479. The maximum Gasteiger partial charge on any atom is 0.337 e. The van der Waals surface area contributed by atoms with Crippen LogP contribution in [-0.2, 0) is 19.4 Å². The van der Waals surface area contributed by atoms with Crippen molar-refractivity contribution in [3.8, 4) is 11.4 Å². The molecule has 0 saturated carbocycles. The SMILES string of the molecule is COc1ccc(-n2c(=O)c3c4c(sc3n(Cc3cccc(C)c3)c2=O)CCCC4)cc1. The van der Waals surface area contributed by atoms with Gasteiger partial charge < -0.3 is 4.74 Å². The highest BCUT2D eigenvalue weighted by molar-refractivity contribution is 7.18. The lowest BCUT2D eigenvalue weighted by molar-refractivity contribution is 0.414. The summed E-state index contributed by atoms with van der Waals surface area (Å²) < 4.78 is 8.34. The largest absolute Gasteiger partial charge is 0.497 e. The third-order valence-electron chi connectivity index (χ3n) is 5.99. The molecule has 0 N–H and O–H groups in total. The lowest BCUT2D eigenvalue weighted by Gasteiger charge is -2.14. The molecule has 0 aliphatic heterocycles. The van der Waals surface area contributed by atoms with Gasteiger partial charge in [-0.1, -0.05) is 29.8 Å². The number of fused-ring (bicyclic) bond motifs is 3. The summed E-state index contributed by atoms with van der Waals surface area (Å²) in [5.74, 6) is 0.686. The second-order valence-corrected chi connectivity index (χ2v) is 9.17. The molecule has 158 valence electrons. The number of methoxy groups -OCH3 is 1. The van der Waals surface area contributed by atoms with Gasteiger partial charge in [0.1, 0.15) is 10.6 Å². The molecule has 4 aromatic rings. The van der Waals surface area contributed by atoms with E-state index in [0.717, 1.165) is 47.2 Å². The van der Waals surface area contributed by atoms with E-state index in [9.17, 15) is 9.59 Å². The summed E-state index contributed by atoms with van der Waals surface area (Å²) in [6, 6.07) is 15.3. The van der Waals surface area contributed by atoms with E-state index in [4.69, 9.17) is 4.74 Å². The summed E-state index contributed by atoms with van der Waals surface area (Å²) in [5, 5.41) is 0.711. The van der Waals surface area contributed by atoms with Gasteiger partial charge in [0.25, 0.3) is 5.56 Å². The minimum atomic E-state index is -0.303. The van der Waals surface area contributed by atoms with E-state index in [1.54, 1.807) is 47.3 Å². The highest BCUT2D eigenvalue weighted by atomic mass is 32.1. The van der Waals surface area contributed by atoms with Gasteiger partial charge >= 0.3 is 5.69 Å². The van der Waals surface area contributed by atoms with Gasteiger partial charge in [-0.2, -0.15) is 0 Å². The van der Waals surface area contributed by atoms with Crippen molar-refractivity contribution < 1.29 is 4.74 Å². The molecule has 2 aromatic carbocycles. The lowest BCUT2D eigenvalue weighted by Crippen LogP contribution is -2.39. The first kappa shape index (κ1) is 19.8. The molecule has 2 aromatic heterocycles. The number of rotatable bonds is 4. The zero-order chi connectivity index (χ0) is 21.5. The number of aromatic nitrogens is 2. The first-order valence-corrected chi connectivity index (χ1v) is 11.4. The zero-order valence-corrected chi connectivity index (χ0v) is 18.5. The normalized spacial score (nSPS) is 13.4.